The van der Waals surface area contributed by atoms with Gasteiger partial charge in [0.2, 0.25) is 5.91 Å². The van der Waals surface area contributed by atoms with Gasteiger partial charge in [0.1, 0.15) is 11.9 Å². The zero-order chi connectivity index (χ0) is 24.4. The van der Waals surface area contributed by atoms with E-state index in [-0.39, 0.29) is 31.4 Å². The Labute approximate surface area is 210 Å². The summed E-state index contributed by atoms with van der Waals surface area (Å²) in [6.07, 6.45) is -0.545. The van der Waals surface area contributed by atoms with Gasteiger partial charge in [0.25, 0.3) is 0 Å². The van der Waals surface area contributed by atoms with Crippen LogP contribution in [0.15, 0.2) is 53.9 Å². The molecule has 180 valence electrons. The Bertz CT molecular complexity index is 1230. The Morgan fingerprint density at radius 2 is 1.77 bits per heavy atom. The molecule has 1 aliphatic carbocycles. The van der Waals surface area contributed by atoms with E-state index in [2.05, 4.69) is 34.6 Å². The Morgan fingerprint density at radius 3 is 2.46 bits per heavy atom. The Kier molecular flexibility index (Phi) is 6.74. The fraction of sp³-hybridized carbons (Fsp3) is 0.280. The number of carbonyl (C=O) groups is 3. The maximum absolute atomic E-state index is 12.6. The van der Waals surface area contributed by atoms with Crippen LogP contribution in [0.4, 0.5) is 9.93 Å². The number of fused-ring (bicyclic) bond motifs is 3. The van der Waals surface area contributed by atoms with Crippen molar-refractivity contribution in [2.24, 2.45) is 0 Å². The van der Waals surface area contributed by atoms with Crippen LogP contribution in [0.3, 0.4) is 0 Å². The normalized spacial score (nSPS) is 16.9. The average molecular weight is 510 g/mol. The Hall–Kier alpha value is -3.37. The summed E-state index contributed by atoms with van der Waals surface area (Å²) in [6, 6.07) is 16.3. The third kappa shape index (κ3) is 5.03. The number of aromatic nitrogens is 1. The second kappa shape index (κ2) is 10.1. The number of benzene rings is 2. The summed E-state index contributed by atoms with van der Waals surface area (Å²) < 4.78 is 5.55. The molecule has 10 heteroatoms. The van der Waals surface area contributed by atoms with E-state index in [0.29, 0.717) is 23.1 Å². The zero-order valence-corrected chi connectivity index (χ0v) is 20.3. The first kappa shape index (κ1) is 23.4. The highest BCUT2D eigenvalue weighted by atomic mass is 32.2. The molecule has 1 saturated heterocycles. The van der Waals surface area contributed by atoms with Gasteiger partial charge in [0, 0.05) is 30.1 Å². The van der Waals surface area contributed by atoms with Gasteiger partial charge in [-0.25, -0.2) is 9.78 Å². The number of rotatable bonds is 6. The topological polar surface area (TPSA) is 109 Å². The summed E-state index contributed by atoms with van der Waals surface area (Å²) in [5.41, 5.74) is 5.12. The summed E-state index contributed by atoms with van der Waals surface area (Å²) in [4.78, 5) is 42.2. The minimum atomic E-state index is -0.907. The van der Waals surface area contributed by atoms with Crippen molar-refractivity contribution in [1.29, 1.82) is 0 Å². The fourth-order valence-electron chi connectivity index (χ4n) is 4.46. The number of carboxylic acid groups (broad SMARTS) is 1. The molecule has 1 atom stereocenters. The minimum absolute atomic E-state index is 0.0324. The van der Waals surface area contributed by atoms with Crippen molar-refractivity contribution in [1.82, 2.24) is 9.88 Å². The number of aliphatic carboxylic acids is 1. The maximum Gasteiger partial charge on any atom is 0.413 e. The SMILES string of the molecule is O=C(Nc1nc(CC(=O)N2CCSC(C(=O)O)C2)cs1)OCC1c2ccccc2-c2ccccc21. The number of anilines is 1. The lowest BCUT2D eigenvalue weighted by atomic mass is 9.98. The van der Waals surface area contributed by atoms with Crippen LogP contribution in [0.1, 0.15) is 22.7 Å². The minimum Gasteiger partial charge on any atom is -0.480 e. The van der Waals surface area contributed by atoms with Crippen LogP contribution >= 0.6 is 23.1 Å². The molecule has 1 unspecified atom stereocenters. The van der Waals surface area contributed by atoms with Gasteiger partial charge in [-0.15, -0.1) is 23.1 Å². The van der Waals surface area contributed by atoms with E-state index in [1.807, 2.05) is 24.3 Å². The van der Waals surface area contributed by atoms with E-state index in [1.54, 1.807) is 10.3 Å². The molecule has 0 saturated carbocycles. The quantitative estimate of drug-likeness (QED) is 0.515. The molecule has 2 N–H and O–H groups in total. The van der Waals surface area contributed by atoms with Crippen molar-refractivity contribution in [2.45, 2.75) is 17.6 Å². The molecule has 0 bridgehead atoms. The van der Waals surface area contributed by atoms with Gasteiger partial charge in [-0.05, 0) is 22.3 Å². The van der Waals surface area contributed by atoms with Gasteiger partial charge in [0.05, 0.1) is 12.1 Å². The second-order valence-electron chi connectivity index (χ2n) is 8.31. The van der Waals surface area contributed by atoms with Gasteiger partial charge in [-0.1, -0.05) is 48.5 Å². The van der Waals surface area contributed by atoms with Crippen LogP contribution in [0, 0.1) is 0 Å². The maximum atomic E-state index is 12.6. The fourth-order valence-corrected chi connectivity index (χ4v) is 6.19. The van der Waals surface area contributed by atoms with Crippen molar-refractivity contribution in [3.63, 3.8) is 0 Å². The number of hydrogen-bond donors (Lipinski definition) is 2. The largest absolute Gasteiger partial charge is 0.480 e. The van der Waals surface area contributed by atoms with E-state index < -0.39 is 17.3 Å². The highest BCUT2D eigenvalue weighted by Gasteiger charge is 2.30. The predicted octanol–water partition coefficient (Wildman–Crippen LogP) is 4.08. The summed E-state index contributed by atoms with van der Waals surface area (Å²) in [6.45, 7) is 0.907. The van der Waals surface area contributed by atoms with E-state index in [4.69, 9.17) is 4.74 Å². The molecule has 1 fully saturated rings. The Balaban J connectivity index is 1.16. The van der Waals surface area contributed by atoms with Crippen LogP contribution in [-0.2, 0) is 20.7 Å². The molecular weight excluding hydrogens is 486 g/mol. The number of nitrogens with zero attached hydrogens (tertiary/aromatic N) is 2. The van der Waals surface area contributed by atoms with Crippen molar-refractivity contribution in [3.05, 3.63) is 70.7 Å². The summed E-state index contributed by atoms with van der Waals surface area (Å²) in [7, 11) is 0. The van der Waals surface area contributed by atoms with Crippen LogP contribution in [-0.4, -0.2) is 63.7 Å². The first-order valence-electron chi connectivity index (χ1n) is 11.2. The zero-order valence-electron chi connectivity index (χ0n) is 18.7. The standard InChI is InChI=1S/C25H23N3O5S2/c29-22(28-9-10-34-21(12-28)23(30)31)11-15-14-35-24(26-15)27-25(32)33-13-20-18-7-3-1-5-16(18)17-6-2-4-8-19(17)20/h1-8,14,20-21H,9-13H2,(H,30,31)(H,26,27,32). The Morgan fingerprint density at radius 1 is 1.09 bits per heavy atom. The van der Waals surface area contributed by atoms with E-state index in [1.165, 1.54) is 23.1 Å². The molecule has 1 aromatic heterocycles. The number of amides is 2. The van der Waals surface area contributed by atoms with E-state index in [0.717, 1.165) is 22.3 Å². The average Bonchev–Trinajstić information content (AvgIpc) is 3.44. The van der Waals surface area contributed by atoms with Gasteiger partial charge in [-0.3, -0.25) is 14.9 Å². The highest BCUT2D eigenvalue weighted by Crippen LogP contribution is 2.44. The van der Waals surface area contributed by atoms with Gasteiger partial charge >= 0.3 is 12.1 Å². The lowest BCUT2D eigenvalue weighted by molar-refractivity contribution is -0.138. The number of ether oxygens (including phenoxy) is 1. The van der Waals surface area contributed by atoms with Crippen molar-refractivity contribution in [2.75, 3.05) is 30.8 Å². The lowest BCUT2D eigenvalue weighted by Crippen LogP contribution is -2.45. The predicted molar refractivity (Wildman–Crippen MR) is 135 cm³/mol. The summed E-state index contributed by atoms with van der Waals surface area (Å²) in [5.74, 6) is -0.519. The number of nitrogens with one attached hydrogen (secondary N) is 1. The third-order valence-corrected chi connectivity index (χ3v) is 8.11. The van der Waals surface area contributed by atoms with Crippen LogP contribution in [0.25, 0.3) is 11.1 Å². The van der Waals surface area contributed by atoms with E-state index >= 15 is 0 Å². The highest BCUT2D eigenvalue weighted by molar-refractivity contribution is 8.00. The molecule has 2 aliphatic rings. The smallest absolute Gasteiger partial charge is 0.413 e. The molecule has 3 aromatic rings. The number of hydrogen-bond acceptors (Lipinski definition) is 7. The second-order valence-corrected chi connectivity index (χ2v) is 10.5. The number of carboxylic acids is 1. The van der Waals surface area contributed by atoms with Crippen LogP contribution in [0.5, 0.6) is 0 Å². The monoisotopic (exact) mass is 509 g/mol. The number of carbonyl (C=O) groups excluding carboxylic acids is 2. The third-order valence-electron chi connectivity index (χ3n) is 6.13. The first-order valence-corrected chi connectivity index (χ1v) is 13.1. The van der Waals surface area contributed by atoms with E-state index in [9.17, 15) is 19.5 Å². The van der Waals surface area contributed by atoms with Crippen LogP contribution in [0.2, 0.25) is 0 Å². The van der Waals surface area contributed by atoms with Crippen molar-refractivity contribution < 1.29 is 24.2 Å². The van der Waals surface area contributed by atoms with Gasteiger partial charge < -0.3 is 14.7 Å². The molecule has 1 aliphatic heterocycles. The van der Waals surface area contributed by atoms with Gasteiger partial charge in [-0.2, -0.15) is 0 Å². The summed E-state index contributed by atoms with van der Waals surface area (Å²) in [5, 5.41) is 13.3. The summed E-state index contributed by atoms with van der Waals surface area (Å²) >= 11 is 2.56. The number of thiazole rings is 1. The number of thioether (sulfide) groups is 1. The molecule has 2 amide bonds. The van der Waals surface area contributed by atoms with Crippen molar-refractivity contribution in [3.8, 4) is 11.1 Å². The molecule has 35 heavy (non-hydrogen) atoms. The molecular formula is C25H23N3O5S2. The lowest BCUT2D eigenvalue weighted by Gasteiger charge is -2.30. The molecule has 2 aromatic carbocycles. The van der Waals surface area contributed by atoms with Crippen LogP contribution < -0.4 is 5.32 Å². The molecule has 0 radical (unpaired) electrons. The first-order chi connectivity index (χ1) is 17.0. The molecule has 0 spiro atoms. The molecule has 5 rings (SSSR count). The molecule has 2 heterocycles. The van der Waals surface area contributed by atoms with Gasteiger partial charge in [0.15, 0.2) is 5.13 Å². The van der Waals surface area contributed by atoms with Crippen molar-refractivity contribution >= 4 is 46.2 Å². The molecule has 8 nitrogen and oxygen atoms in total.